The molecule has 10 nitrogen and oxygen atoms in total. The van der Waals surface area contributed by atoms with E-state index >= 15 is 0 Å². The summed E-state index contributed by atoms with van der Waals surface area (Å²) < 4.78 is 66.2. The van der Waals surface area contributed by atoms with Crippen LogP contribution < -0.4 is 24.2 Å². The fourth-order valence-electron chi connectivity index (χ4n) is 2.80. The lowest BCUT2D eigenvalue weighted by atomic mass is 10.2. The molecule has 2 aromatic rings. The Morgan fingerprint density at radius 1 is 0.906 bits per heavy atom. The standard InChI is InChI=1S/C20H27N3O7S2/c1-6-21-20(24)16-11-14(7-9-18(16)29-4)32(27,28)23-17-12-15(8-10-19(17)30-5)31(25,26)22-13(2)3/h7-13,22-23H,6H2,1-5H3,(H,21,24). The largest absolute Gasteiger partial charge is 0.496 e. The molecule has 0 atom stereocenters. The number of carbonyl (C=O) groups excluding carboxylic acids is 1. The molecule has 0 aliphatic heterocycles. The number of ether oxygens (including phenoxy) is 2. The Labute approximate surface area is 188 Å². The minimum absolute atomic E-state index is 0.0432. The van der Waals surface area contributed by atoms with Crippen LogP contribution in [0.15, 0.2) is 46.2 Å². The SMILES string of the molecule is CCNC(=O)c1cc(S(=O)(=O)Nc2cc(S(=O)(=O)NC(C)C)ccc2OC)ccc1OC. The van der Waals surface area contributed by atoms with Gasteiger partial charge in [0, 0.05) is 12.6 Å². The van der Waals surface area contributed by atoms with Gasteiger partial charge in [0.2, 0.25) is 10.0 Å². The van der Waals surface area contributed by atoms with Crippen LogP contribution in [0.5, 0.6) is 11.5 Å². The number of methoxy groups -OCH3 is 2. The summed E-state index contributed by atoms with van der Waals surface area (Å²) in [5.74, 6) is -0.165. The Bertz CT molecular complexity index is 1190. The Morgan fingerprint density at radius 3 is 2.00 bits per heavy atom. The van der Waals surface area contributed by atoms with E-state index in [4.69, 9.17) is 9.47 Å². The number of sulfonamides is 2. The number of amides is 1. The van der Waals surface area contributed by atoms with E-state index in [1.807, 2.05) is 0 Å². The van der Waals surface area contributed by atoms with Crippen LogP contribution in [0.25, 0.3) is 0 Å². The fourth-order valence-corrected chi connectivity index (χ4v) is 5.17. The first-order chi connectivity index (χ1) is 14.9. The van der Waals surface area contributed by atoms with Crippen molar-refractivity contribution < 1.29 is 31.1 Å². The molecule has 0 saturated heterocycles. The maximum Gasteiger partial charge on any atom is 0.262 e. The highest BCUT2D eigenvalue weighted by atomic mass is 32.2. The van der Waals surface area contributed by atoms with Crippen molar-refractivity contribution in [2.24, 2.45) is 0 Å². The summed E-state index contributed by atoms with van der Waals surface area (Å²) in [5.41, 5.74) is -0.0313. The van der Waals surface area contributed by atoms with E-state index in [0.717, 1.165) is 6.07 Å². The first-order valence-corrected chi connectivity index (χ1v) is 12.6. The molecule has 0 aromatic heterocycles. The van der Waals surface area contributed by atoms with Gasteiger partial charge >= 0.3 is 0 Å². The van der Waals surface area contributed by atoms with Gasteiger partial charge < -0.3 is 14.8 Å². The van der Waals surface area contributed by atoms with E-state index in [9.17, 15) is 21.6 Å². The number of nitrogens with one attached hydrogen (secondary N) is 3. The first kappa shape index (κ1) is 25.4. The Balaban J connectivity index is 2.51. The zero-order valence-electron chi connectivity index (χ0n) is 18.4. The number of rotatable bonds is 10. The van der Waals surface area contributed by atoms with Gasteiger partial charge in [0.05, 0.1) is 35.3 Å². The molecule has 0 saturated carbocycles. The molecule has 0 unspecified atom stereocenters. The lowest BCUT2D eigenvalue weighted by molar-refractivity contribution is 0.0952. The topological polar surface area (TPSA) is 140 Å². The van der Waals surface area contributed by atoms with Crippen LogP contribution in [0.3, 0.4) is 0 Å². The summed E-state index contributed by atoms with van der Waals surface area (Å²) in [6, 6.07) is 7.29. The van der Waals surface area contributed by atoms with Crippen LogP contribution in [-0.4, -0.2) is 49.5 Å². The quantitative estimate of drug-likeness (QED) is 0.467. The second-order valence-corrected chi connectivity index (χ2v) is 10.4. The van der Waals surface area contributed by atoms with E-state index in [0.29, 0.717) is 6.54 Å². The number of benzene rings is 2. The average molecular weight is 486 g/mol. The maximum atomic E-state index is 13.0. The third-order valence-electron chi connectivity index (χ3n) is 4.18. The van der Waals surface area contributed by atoms with Crippen molar-refractivity contribution in [3.05, 3.63) is 42.0 Å². The smallest absolute Gasteiger partial charge is 0.262 e. The second-order valence-electron chi connectivity index (χ2n) is 6.97. The van der Waals surface area contributed by atoms with Gasteiger partial charge in [-0.2, -0.15) is 0 Å². The Morgan fingerprint density at radius 2 is 1.47 bits per heavy atom. The summed E-state index contributed by atoms with van der Waals surface area (Å²) in [6.07, 6.45) is 0. The molecule has 32 heavy (non-hydrogen) atoms. The second kappa shape index (κ2) is 10.2. The van der Waals surface area contributed by atoms with E-state index in [1.54, 1.807) is 20.8 Å². The Kier molecular flexibility index (Phi) is 8.10. The summed E-state index contributed by atoms with van der Waals surface area (Å²) in [4.78, 5) is 12.0. The minimum atomic E-state index is -4.21. The van der Waals surface area contributed by atoms with Crippen molar-refractivity contribution in [3.63, 3.8) is 0 Å². The maximum absolute atomic E-state index is 13.0. The van der Waals surface area contributed by atoms with Crippen molar-refractivity contribution in [1.82, 2.24) is 10.0 Å². The van der Waals surface area contributed by atoms with Crippen LogP contribution >= 0.6 is 0 Å². The molecule has 0 fully saturated rings. The van der Waals surface area contributed by atoms with E-state index in [2.05, 4.69) is 14.8 Å². The lowest BCUT2D eigenvalue weighted by Crippen LogP contribution is -2.30. The van der Waals surface area contributed by atoms with E-state index < -0.39 is 26.0 Å². The third-order valence-corrected chi connectivity index (χ3v) is 7.20. The highest BCUT2D eigenvalue weighted by Crippen LogP contribution is 2.31. The zero-order chi connectivity index (χ0) is 24.1. The minimum Gasteiger partial charge on any atom is -0.496 e. The number of hydrogen-bond donors (Lipinski definition) is 3. The molecule has 0 radical (unpaired) electrons. The molecule has 0 bridgehead atoms. The van der Waals surface area contributed by atoms with Gasteiger partial charge in [-0.05, 0) is 57.2 Å². The summed E-state index contributed by atoms with van der Waals surface area (Å²) in [6.45, 7) is 5.41. The average Bonchev–Trinajstić information content (AvgIpc) is 2.72. The third kappa shape index (κ3) is 5.90. The molecule has 0 spiro atoms. The van der Waals surface area contributed by atoms with Gasteiger partial charge in [0.1, 0.15) is 11.5 Å². The van der Waals surface area contributed by atoms with Crippen LogP contribution in [0.1, 0.15) is 31.1 Å². The molecular formula is C20H27N3O7S2. The summed E-state index contributed by atoms with van der Waals surface area (Å²) in [7, 11) is -5.38. The van der Waals surface area contributed by atoms with E-state index in [-0.39, 0.29) is 38.6 Å². The van der Waals surface area contributed by atoms with Crippen LogP contribution in [0, 0.1) is 0 Å². The van der Waals surface area contributed by atoms with Crippen molar-refractivity contribution in [2.75, 3.05) is 25.5 Å². The van der Waals surface area contributed by atoms with Crippen molar-refractivity contribution in [1.29, 1.82) is 0 Å². The Hall–Kier alpha value is -2.83. The molecule has 12 heteroatoms. The number of carbonyl (C=O) groups is 1. The lowest BCUT2D eigenvalue weighted by Gasteiger charge is -2.16. The zero-order valence-corrected chi connectivity index (χ0v) is 20.1. The van der Waals surface area contributed by atoms with Crippen molar-refractivity contribution in [2.45, 2.75) is 36.6 Å². The molecule has 1 amide bonds. The predicted molar refractivity (Wildman–Crippen MR) is 120 cm³/mol. The van der Waals surface area contributed by atoms with Gasteiger partial charge in [-0.25, -0.2) is 21.6 Å². The van der Waals surface area contributed by atoms with Crippen LogP contribution in [0.2, 0.25) is 0 Å². The van der Waals surface area contributed by atoms with Crippen molar-refractivity contribution in [3.8, 4) is 11.5 Å². The normalized spacial score (nSPS) is 11.8. The summed E-state index contributed by atoms with van der Waals surface area (Å²) in [5, 5.41) is 2.59. The van der Waals surface area contributed by atoms with Gasteiger partial charge in [-0.15, -0.1) is 0 Å². The van der Waals surface area contributed by atoms with Crippen molar-refractivity contribution >= 4 is 31.6 Å². The van der Waals surface area contributed by atoms with Crippen LogP contribution in [-0.2, 0) is 20.0 Å². The van der Waals surface area contributed by atoms with Gasteiger partial charge in [-0.1, -0.05) is 0 Å². The van der Waals surface area contributed by atoms with Gasteiger partial charge in [0.25, 0.3) is 15.9 Å². The fraction of sp³-hybridized carbons (Fsp3) is 0.350. The summed E-state index contributed by atoms with van der Waals surface area (Å²) >= 11 is 0. The molecule has 2 aromatic carbocycles. The highest BCUT2D eigenvalue weighted by molar-refractivity contribution is 7.92. The van der Waals surface area contributed by atoms with Crippen LogP contribution in [0.4, 0.5) is 5.69 Å². The molecule has 0 aliphatic carbocycles. The number of hydrogen-bond acceptors (Lipinski definition) is 7. The predicted octanol–water partition coefficient (Wildman–Crippen LogP) is 1.94. The van der Waals surface area contributed by atoms with Gasteiger partial charge in [-0.3, -0.25) is 9.52 Å². The first-order valence-electron chi connectivity index (χ1n) is 9.64. The number of anilines is 1. The van der Waals surface area contributed by atoms with Gasteiger partial charge in [0.15, 0.2) is 0 Å². The highest BCUT2D eigenvalue weighted by Gasteiger charge is 2.23. The van der Waals surface area contributed by atoms with E-state index in [1.165, 1.54) is 44.6 Å². The molecule has 2 rings (SSSR count). The molecule has 0 heterocycles. The molecule has 0 aliphatic rings. The molecule has 176 valence electrons. The molecular weight excluding hydrogens is 458 g/mol. The monoisotopic (exact) mass is 485 g/mol. The molecule has 3 N–H and O–H groups in total.